The van der Waals surface area contributed by atoms with Crippen LogP contribution in [0.1, 0.15) is 0 Å². The fourth-order valence-electron chi connectivity index (χ4n) is 4.46. The number of hydrogen-bond donors (Lipinski definition) is 0. The van der Waals surface area contributed by atoms with Gasteiger partial charge in [0, 0.05) is 39.4 Å². The van der Waals surface area contributed by atoms with Gasteiger partial charge in [-0.2, -0.15) is 0 Å². The van der Waals surface area contributed by atoms with E-state index in [1.807, 2.05) is 0 Å². The van der Waals surface area contributed by atoms with Crippen molar-refractivity contribution in [2.45, 2.75) is 0 Å². The maximum Gasteiger partial charge on any atom is 0.198 e. The average Bonchev–Trinajstić information content (AvgIpc) is 2.86. The van der Waals surface area contributed by atoms with Gasteiger partial charge in [-0.1, -0.05) is 18.2 Å². The minimum Gasteiger partial charge on any atom is -0.497 e. The van der Waals surface area contributed by atoms with Crippen LogP contribution in [0.15, 0.2) is 48.5 Å². The molecule has 0 spiro atoms. The SMILES string of the molecule is COc1cc(F)c(-c2c3c(F)cccc3c(-c3ccc(F)c(F)c3)c3c(F)c(F)c(F)c(F)c23)c(F)c1. The Balaban J connectivity index is 2.15. The third kappa shape index (κ3) is 3.58. The molecule has 0 unspecified atom stereocenters. The number of benzene rings is 5. The van der Waals surface area contributed by atoms with Gasteiger partial charge in [0.25, 0.3) is 0 Å². The molecule has 188 valence electrons. The topological polar surface area (TPSA) is 9.23 Å². The van der Waals surface area contributed by atoms with Gasteiger partial charge in [-0.15, -0.1) is 0 Å². The van der Waals surface area contributed by atoms with E-state index < -0.39 is 85.2 Å². The van der Waals surface area contributed by atoms with E-state index in [0.29, 0.717) is 24.3 Å². The van der Waals surface area contributed by atoms with Crippen LogP contribution in [0.2, 0.25) is 0 Å². The van der Waals surface area contributed by atoms with Crippen LogP contribution in [-0.2, 0) is 0 Å². The van der Waals surface area contributed by atoms with Crippen LogP contribution >= 0.6 is 0 Å². The molecule has 0 bridgehead atoms. The first-order valence-corrected chi connectivity index (χ1v) is 10.4. The fourth-order valence-corrected chi connectivity index (χ4v) is 4.46. The molecule has 0 radical (unpaired) electrons. The number of fused-ring (bicyclic) bond motifs is 2. The summed E-state index contributed by atoms with van der Waals surface area (Å²) < 4.78 is 138. The molecule has 37 heavy (non-hydrogen) atoms. The van der Waals surface area contributed by atoms with Gasteiger partial charge in [0.15, 0.2) is 34.9 Å². The van der Waals surface area contributed by atoms with Crippen molar-refractivity contribution in [1.29, 1.82) is 0 Å². The molecule has 0 aliphatic heterocycles. The molecule has 10 heteroatoms. The third-order valence-electron chi connectivity index (χ3n) is 6.01. The van der Waals surface area contributed by atoms with E-state index in [4.69, 9.17) is 4.74 Å². The van der Waals surface area contributed by atoms with E-state index in [2.05, 4.69) is 0 Å². The van der Waals surface area contributed by atoms with Gasteiger partial charge in [0.1, 0.15) is 23.2 Å². The molecule has 0 saturated heterocycles. The van der Waals surface area contributed by atoms with Crippen molar-refractivity contribution in [2.75, 3.05) is 7.11 Å². The molecule has 0 heterocycles. The number of ether oxygens (including phenoxy) is 1. The first-order chi connectivity index (χ1) is 17.6. The Labute approximate surface area is 202 Å². The van der Waals surface area contributed by atoms with E-state index >= 15 is 22.0 Å². The molecule has 0 aliphatic rings. The quantitative estimate of drug-likeness (QED) is 0.0998. The maximum atomic E-state index is 15.4. The molecule has 1 nitrogen and oxygen atoms in total. The average molecular weight is 522 g/mol. The zero-order chi connectivity index (χ0) is 26.8. The molecule has 0 amide bonds. The lowest BCUT2D eigenvalue weighted by Gasteiger charge is -2.20. The zero-order valence-corrected chi connectivity index (χ0v) is 18.4. The second kappa shape index (κ2) is 8.72. The van der Waals surface area contributed by atoms with E-state index in [0.717, 1.165) is 31.4 Å². The molecule has 0 aromatic heterocycles. The standard InChI is InChI=1S/C27H11F9O/c1-37-11-8-16(31)20(17(32)9-11)21-19-12(3-2-4-14(19)29)18(10-5-6-13(28)15(30)7-10)22-23(21)25(34)27(36)26(35)24(22)33/h2-9H,1H3. The predicted octanol–water partition coefficient (Wildman–Crippen LogP) is 8.59. The third-order valence-corrected chi connectivity index (χ3v) is 6.01. The highest BCUT2D eigenvalue weighted by Gasteiger charge is 2.31. The summed E-state index contributed by atoms with van der Waals surface area (Å²) in [5, 5.41) is -3.35. The molecule has 5 rings (SSSR count). The Morgan fingerprint density at radius 2 is 1.08 bits per heavy atom. The zero-order valence-electron chi connectivity index (χ0n) is 18.4. The van der Waals surface area contributed by atoms with Gasteiger partial charge in [0.2, 0.25) is 0 Å². The van der Waals surface area contributed by atoms with Crippen LogP contribution in [0.25, 0.3) is 43.8 Å². The lowest BCUT2D eigenvalue weighted by atomic mass is 9.84. The summed E-state index contributed by atoms with van der Waals surface area (Å²) in [7, 11) is 1.10. The van der Waals surface area contributed by atoms with E-state index in [1.165, 1.54) is 0 Å². The number of hydrogen-bond acceptors (Lipinski definition) is 1. The summed E-state index contributed by atoms with van der Waals surface area (Å²) in [6.45, 7) is 0. The molecule has 0 aliphatic carbocycles. The van der Waals surface area contributed by atoms with Crippen molar-refractivity contribution in [3.8, 4) is 28.0 Å². The van der Waals surface area contributed by atoms with Gasteiger partial charge in [-0.05, 0) is 29.1 Å². The Kier molecular flexibility index (Phi) is 5.77. The lowest BCUT2D eigenvalue weighted by molar-refractivity contribution is 0.407. The highest BCUT2D eigenvalue weighted by atomic mass is 19.2. The van der Waals surface area contributed by atoms with Gasteiger partial charge in [-0.25, -0.2) is 39.5 Å². The Morgan fingerprint density at radius 3 is 1.65 bits per heavy atom. The van der Waals surface area contributed by atoms with E-state index in [9.17, 15) is 17.6 Å². The highest BCUT2D eigenvalue weighted by molar-refractivity contribution is 6.22. The minimum atomic E-state index is -2.33. The molecule has 0 N–H and O–H groups in total. The summed E-state index contributed by atoms with van der Waals surface area (Å²) in [5.41, 5.74) is -2.97. The van der Waals surface area contributed by atoms with Crippen LogP contribution < -0.4 is 4.74 Å². The Hall–Kier alpha value is -4.21. The van der Waals surface area contributed by atoms with E-state index in [1.54, 1.807) is 0 Å². The smallest absolute Gasteiger partial charge is 0.198 e. The highest BCUT2D eigenvalue weighted by Crippen LogP contribution is 2.48. The molecular weight excluding hydrogens is 511 g/mol. The summed E-state index contributed by atoms with van der Waals surface area (Å²) >= 11 is 0. The monoisotopic (exact) mass is 522 g/mol. The number of halogens is 9. The van der Waals surface area contributed by atoms with Crippen LogP contribution in [0.5, 0.6) is 5.75 Å². The van der Waals surface area contributed by atoms with Crippen molar-refractivity contribution < 1.29 is 44.3 Å². The fraction of sp³-hybridized carbons (Fsp3) is 0.0370. The van der Waals surface area contributed by atoms with Crippen LogP contribution in [0, 0.1) is 52.4 Å². The molecule has 0 saturated carbocycles. The summed E-state index contributed by atoms with van der Waals surface area (Å²) in [5.74, 6) is -15.7. The van der Waals surface area contributed by atoms with Gasteiger partial charge >= 0.3 is 0 Å². The molecule has 0 fully saturated rings. The van der Waals surface area contributed by atoms with Crippen LogP contribution in [0.4, 0.5) is 39.5 Å². The normalized spacial score (nSPS) is 11.5. The largest absolute Gasteiger partial charge is 0.497 e. The molecule has 5 aromatic carbocycles. The predicted molar refractivity (Wildman–Crippen MR) is 119 cm³/mol. The minimum absolute atomic E-state index is 0.310. The van der Waals surface area contributed by atoms with Crippen LogP contribution in [-0.4, -0.2) is 7.11 Å². The molecule has 5 aromatic rings. The summed E-state index contributed by atoms with van der Waals surface area (Å²) in [6.07, 6.45) is 0. The van der Waals surface area contributed by atoms with Crippen molar-refractivity contribution in [3.05, 3.63) is 101 Å². The van der Waals surface area contributed by atoms with Crippen molar-refractivity contribution in [1.82, 2.24) is 0 Å². The van der Waals surface area contributed by atoms with Crippen LogP contribution in [0.3, 0.4) is 0 Å². The number of methoxy groups -OCH3 is 1. The first kappa shape index (κ1) is 24.5. The van der Waals surface area contributed by atoms with Crippen molar-refractivity contribution in [2.24, 2.45) is 0 Å². The summed E-state index contributed by atoms with van der Waals surface area (Å²) in [4.78, 5) is 0. The second-order valence-corrected chi connectivity index (χ2v) is 8.01. The summed E-state index contributed by atoms with van der Waals surface area (Å²) in [6, 6.07) is 6.52. The maximum absolute atomic E-state index is 15.4. The second-order valence-electron chi connectivity index (χ2n) is 8.01. The van der Waals surface area contributed by atoms with Crippen molar-refractivity contribution in [3.63, 3.8) is 0 Å². The Morgan fingerprint density at radius 1 is 0.486 bits per heavy atom. The van der Waals surface area contributed by atoms with Gasteiger partial charge in [-0.3, -0.25) is 0 Å². The van der Waals surface area contributed by atoms with Gasteiger partial charge in [0.05, 0.1) is 12.7 Å². The number of rotatable bonds is 3. The lowest BCUT2D eigenvalue weighted by Crippen LogP contribution is -2.05. The Bertz CT molecular complexity index is 1740. The molecular formula is C27H11F9O. The molecule has 0 atom stereocenters. The van der Waals surface area contributed by atoms with Gasteiger partial charge < -0.3 is 4.74 Å². The van der Waals surface area contributed by atoms with Crippen molar-refractivity contribution >= 4 is 21.5 Å². The first-order valence-electron chi connectivity index (χ1n) is 10.4. The van der Waals surface area contributed by atoms with E-state index in [-0.39, 0.29) is 16.7 Å².